The first-order valence-corrected chi connectivity index (χ1v) is 8.42. The summed E-state index contributed by atoms with van der Waals surface area (Å²) in [7, 11) is 0. The van der Waals surface area contributed by atoms with E-state index in [0.29, 0.717) is 6.54 Å². The fourth-order valence-electron chi connectivity index (χ4n) is 2.80. The molecule has 4 nitrogen and oxygen atoms in total. The number of hydrogen-bond donors (Lipinski definition) is 1. The minimum absolute atomic E-state index is 0.00760. The third kappa shape index (κ3) is 4.79. The Labute approximate surface area is 140 Å². The number of nitrogens with one attached hydrogen (secondary N) is 1. The molecule has 1 N–H and O–H groups in total. The molecule has 1 amide bonds. The van der Waals surface area contributed by atoms with Crippen molar-refractivity contribution in [3.63, 3.8) is 0 Å². The largest absolute Gasteiger partial charge is 0.379 e. The van der Waals surface area contributed by atoms with E-state index in [1.54, 1.807) is 0 Å². The highest BCUT2D eigenvalue weighted by Gasteiger charge is 2.28. The van der Waals surface area contributed by atoms with Crippen molar-refractivity contribution >= 4 is 5.91 Å². The van der Waals surface area contributed by atoms with E-state index >= 15 is 0 Å². The van der Waals surface area contributed by atoms with Crippen molar-refractivity contribution in [1.82, 2.24) is 10.2 Å². The Kier molecular flexibility index (Phi) is 5.48. The van der Waals surface area contributed by atoms with Gasteiger partial charge in [-0.15, -0.1) is 0 Å². The van der Waals surface area contributed by atoms with Crippen LogP contribution in [0.15, 0.2) is 24.3 Å². The van der Waals surface area contributed by atoms with Crippen LogP contribution in [0.3, 0.4) is 0 Å². The van der Waals surface area contributed by atoms with Crippen molar-refractivity contribution < 1.29 is 9.53 Å². The van der Waals surface area contributed by atoms with Gasteiger partial charge in [-0.25, -0.2) is 0 Å². The van der Waals surface area contributed by atoms with Crippen molar-refractivity contribution in [1.29, 1.82) is 0 Å². The van der Waals surface area contributed by atoms with Crippen molar-refractivity contribution in [3.05, 3.63) is 35.4 Å². The van der Waals surface area contributed by atoms with Gasteiger partial charge in [-0.2, -0.15) is 0 Å². The van der Waals surface area contributed by atoms with Crippen molar-refractivity contribution in [3.8, 4) is 0 Å². The Morgan fingerprint density at radius 3 is 2.17 bits per heavy atom. The lowest BCUT2D eigenvalue weighted by Crippen LogP contribution is -2.55. The van der Waals surface area contributed by atoms with Gasteiger partial charge in [0.05, 0.1) is 13.2 Å². The van der Waals surface area contributed by atoms with Crippen LogP contribution in [0.1, 0.15) is 50.5 Å². The van der Waals surface area contributed by atoms with Gasteiger partial charge in [-0.05, 0) is 37.0 Å². The van der Waals surface area contributed by atoms with E-state index in [2.05, 4.69) is 44.8 Å². The summed E-state index contributed by atoms with van der Waals surface area (Å²) in [5.74, 6) is -0.00760. The van der Waals surface area contributed by atoms with Gasteiger partial charge in [0.25, 0.3) is 5.91 Å². The molecule has 1 aliphatic rings. The summed E-state index contributed by atoms with van der Waals surface area (Å²) in [6.07, 6.45) is 0. The SMILES string of the molecule is CC(C)(C)c1ccc(C(=O)NCC(C)(C)N2CCOCC2)cc1. The summed E-state index contributed by atoms with van der Waals surface area (Å²) < 4.78 is 5.40. The molecule has 1 aromatic rings. The second kappa shape index (κ2) is 7.02. The number of rotatable bonds is 4. The smallest absolute Gasteiger partial charge is 0.251 e. The minimum atomic E-state index is -0.0647. The average molecular weight is 318 g/mol. The average Bonchev–Trinajstić information content (AvgIpc) is 2.53. The number of carbonyl (C=O) groups excluding carboxylic acids is 1. The number of nitrogens with zero attached hydrogens (tertiary/aromatic N) is 1. The molecule has 0 saturated carbocycles. The molecule has 128 valence electrons. The van der Waals surface area contributed by atoms with Crippen LogP contribution in [-0.4, -0.2) is 49.2 Å². The predicted octanol–water partition coefficient (Wildman–Crippen LogP) is 2.82. The molecule has 1 saturated heterocycles. The minimum Gasteiger partial charge on any atom is -0.379 e. The molecular formula is C19H30N2O2. The Morgan fingerprint density at radius 1 is 1.09 bits per heavy atom. The molecule has 0 aromatic heterocycles. The fourth-order valence-corrected chi connectivity index (χ4v) is 2.80. The molecule has 0 radical (unpaired) electrons. The lowest BCUT2D eigenvalue weighted by Gasteiger charge is -2.40. The van der Waals surface area contributed by atoms with Crippen LogP contribution in [0.5, 0.6) is 0 Å². The molecule has 0 unspecified atom stereocenters. The number of amides is 1. The highest BCUT2D eigenvalue weighted by atomic mass is 16.5. The van der Waals surface area contributed by atoms with Gasteiger partial charge in [0.2, 0.25) is 0 Å². The lowest BCUT2D eigenvalue weighted by atomic mass is 9.86. The van der Waals surface area contributed by atoms with Crippen LogP contribution in [0, 0.1) is 0 Å². The second-order valence-electron chi connectivity index (χ2n) is 7.92. The van der Waals surface area contributed by atoms with Gasteiger partial charge in [-0.1, -0.05) is 32.9 Å². The van der Waals surface area contributed by atoms with E-state index in [-0.39, 0.29) is 16.9 Å². The molecule has 1 fully saturated rings. The van der Waals surface area contributed by atoms with E-state index in [1.807, 2.05) is 24.3 Å². The van der Waals surface area contributed by atoms with Gasteiger partial charge in [0.1, 0.15) is 0 Å². The maximum absolute atomic E-state index is 12.4. The molecule has 0 spiro atoms. The van der Waals surface area contributed by atoms with Crippen molar-refractivity contribution in [2.24, 2.45) is 0 Å². The van der Waals surface area contributed by atoms with Crippen LogP contribution in [0.2, 0.25) is 0 Å². The third-order valence-corrected chi connectivity index (χ3v) is 4.56. The molecule has 0 bridgehead atoms. The summed E-state index contributed by atoms with van der Waals surface area (Å²) in [6.45, 7) is 14.9. The van der Waals surface area contributed by atoms with Gasteiger partial charge < -0.3 is 10.1 Å². The Balaban J connectivity index is 1.93. The van der Waals surface area contributed by atoms with Gasteiger partial charge in [-0.3, -0.25) is 9.69 Å². The fraction of sp³-hybridized carbons (Fsp3) is 0.632. The summed E-state index contributed by atoms with van der Waals surface area (Å²) in [5, 5.41) is 3.07. The number of morpholine rings is 1. The molecule has 23 heavy (non-hydrogen) atoms. The van der Waals surface area contributed by atoms with E-state index in [9.17, 15) is 4.79 Å². The molecular weight excluding hydrogens is 288 g/mol. The standard InChI is InChI=1S/C19H30N2O2/c1-18(2,3)16-8-6-15(7-9-16)17(22)20-14-19(4,5)21-10-12-23-13-11-21/h6-9H,10-14H2,1-5H3,(H,20,22). The van der Waals surface area contributed by atoms with Crippen molar-refractivity contribution in [2.75, 3.05) is 32.8 Å². The topological polar surface area (TPSA) is 41.6 Å². The normalized spacial score (nSPS) is 17.1. The van der Waals surface area contributed by atoms with Crippen LogP contribution in [0.25, 0.3) is 0 Å². The Morgan fingerprint density at radius 2 is 1.65 bits per heavy atom. The molecule has 4 heteroatoms. The van der Waals surface area contributed by atoms with Gasteiger partial charge >= 0.3 is 0 Å². The highest BCUT2D eigenvalue weighted by molar-refractivity contribution is 5.94. The quantitative estimate of drug-likeness (QED) is 0.928. The van der Waals surface area contributed by atoms with Gasteiger partial charge in [0, 0.05) is 30.7 Å². The van der Waals surface area contributed by atoms with Crippen LogP contribution < -0.4 is 5.32 Å². The van der Waals surface area contributed by atoms with Crippen LogP contribution in [0.4, 0.5) is 0 Å². The monoisotopic (exact) mass is 318 g/mol. The first-order chi connectivity index (χ1) is 10.7. The van der Waals surface area contributed by atoms with E-state index in [0.717, 1.165) is 31.9 Å². The molecule has 2 rings (SSSR count). The first kappa shape index (κ1) is 18.0. The second-order valence-corrected chi connectivity index (χ2v) is 7.92. The van der Waals surface area contributed by atoms with E-state index < -0.39 is 0 Å². The molecule has 1 aromatic carbocycles. The summed E-state index contributed by atoms with van der Waals surface area (Å²) in [4.78, 5) is 14.8. The Bertz CT molecular complexity index is 523. The number of hydrogen-bond acceptors (Lipinski definition) is 3. The first-order valence-electron chi connectivity index (χ1n) is 8.42. The highest BCUT2D eigenvalue weighted by Crippen LogP contribution is 2.22. The zero-order valence-corrected chi connectivity index (χ0v) is 15.1. The molecule has 1 heterocycles. The zero-order chi connectivity index (χ0) is 17.1. The maximum Gasteiger partial charge on any atom is 0.251 e. The third-order valence-electron chi connectivity index (χ3n) is 4.56. The van der Waals surface area contributed by atoms with Gasteiger partial charge in [0.15, 0.2) is 0 Å². The molecule has 1 aliphatic heterocycles. The van der Waals surface area contributed by atoms with Crippen LogP contribution >= 0.6 is 0 Å². The summed E-state index contributed by atoms with van der Waals surface area (Å²) >= 11 is 0. The molecule has 0 atom stereocenters. The van der Waals surface area contributed by atoms with E-state index in [4.69, 9.17) is 4.74 Å². The predicted molar refractivity (Wildman–Crippen MR) is 93.9 cm³/mol. The summed E-state index contributed by atoms with van der Waals surface area (Å²) in [5.41, 5.74) is 2.00. The molecule has 0 aliphatic carbocycles. The van der Waals surface area contributed by atoms with E-state index in [1.165, 1.54) is 5.56 Å². The van der Waals surface area contributed by atoms with Crippen LogP contribution in [-0.2, 0) is 10.2 Å². The van der Waals surface area contributed by atoms with Crippen molar-refractivity contribution in [2.45, 2.75) is 45.6 Å². The zero-order valence-electron chi connectivity index (χ0n) is 15.1. The number of ether oxygens (including phenoxy) is 1. The Hall–Kier alpha value is -1.39. The number of carbonyl (C=O) groups is 1. The summed E-state index contributed by atoms with van der Waals surface area (Å²) in [6, 6.07) is 7.92. The maximum atomic E-state index is 12.4. The lowest BCUT2D eigenvalue weighted by molar-refractivity contribution is -0.00923. The number of benzene rings is 1.